The van der Waals surface area contributed by atoms with Crippen LogP contribution in [-0.2, 0) is 19.9 Å². The maximum atomic E-state index is 14.7. The number of nitrogens with zero attached hydrogens (tertiary/aromatic N) is 2. The minimum Gasteiger partial charge on any atom is -0.484 e. The number of hydrogen-bond donors (Lipinski definition) is 1. The highest BCUT2D eigenvalue weighted by Crippen LogP contribution is 2.48. The molecule has 1 aromatic carbocycles. The fourth-order valence-corrected chi connectivity index (χ4v) is 3.79. The molecule has 1 amide bonds. The molecule has 0 bridgehead atoms. The standard InChI is InChI=1S/C20H18ClF6N3O5/c21-11-3-2-10(6-12(11)22)32-9-15(31)28-14-8-33-13(7-19(14,23)24)16-29-30-17(34-16)18(4-1-5-18)35-20(25,26)27/h2-3,6,13-14H,1,4-5,7-9H2,(H,28,31)/t13-,14-/m0/s1. The molecule has 1 aliphatic heterocycles. The van der Waals surface area contributed by atoms with Crippen molar-refractivity contribution >= 4 is 17.5 Å². The first-order valence-electron chi connectivity index (χ1n) is 10.3. The maximum absolute atomic E-state index is 14.7. The summed E-state index contributed by atoms with van der Waals surface area (Å²) in [5.74, 6) is -6.09. The van der Waals surface area contributed by atoms with E-state index in [1.807, 2.05) is 0 Å². The predicted octanol–water partition coefficient (Wildman–Crippen LogP) is 4.44. The van der Waals surface area contributed by atoms with Crippen molar-refractivity contribution in [2.75, 3.05) is 13.2 Å². The Kier molecular flexibility index (Phi) is 6.90. The summed E-state index contributed by atoms with van der Waals surface area (Å²) < 4.78 is 101. The van der Waals surface area contributed by atoms with Gasteiger partial charge < -0.3 is 19.2 Å². The molecule has 192 valence electrons. The number of hydrogen-bond acceptors (Lipinski definition) is 7. The highest BCUT2D eigenvalue weighted by molar-refractivity contribution is 6.30. The highest BCUT2D eigenvalue weighted by atomic mass is 35.5. The van der Waals surface area contributed by atoms with Gasteiger partial charge in [0.1, 0.15) is 23.7 Å². The van der Waals surface area contributed by atoms with E-state index in [1.54, 1.807) is 0 Å². The monoisotopic (exact) mass is 529 g/mol. The lowest BCUT2D eigenvalue weighted by Gasteiger charge is -2.38. The largest absolute Gasteiger partial charge is 0.523 e. The van der Waals surface area contributed by atoms with Gasteiger partial charge in [-0.1, -0.05) is 11.6 Å². The van der Waals surface area contributed by atoms with Gasteiger partial charge in [-0.2, -0.15) is 0 Å². The maximum Gasteiger partial charge on any atom is 0.523 e. The molecule has 1 saturated carbocycles. The third kappa shape index (κ3) is 5.81. The zero-order valence-corrected chi connectivity index (χ0v) is 18.5. The fraction of sp³-hybridized carbons (Fsp3) is 0.550. The lowest BCUT2D eigenvalue weighted by molar-refractivity contribution is -0.387. The number of ether oxygens (including phenoxy) is 3. The summed E-state index contributed by atoms with van der Waals surface area (Å²) >= 11 is 5.55. The van der Waals surface area contributed by atoms with Gasteiger partial charge in [0.2, 0.25) is 11.8 Å². The van der Waals surface area contributed by atoms with E-state index in [1.165, 1.54) is 12.1 Å². The van der Waals surface area contributed by atoms with Crippen LogP contribution in [0, 0.1) is 5.82 Å². The summed E-state index contributed by atoms with van der Waals surface area (Å²) in [6.45, 7) is -1.33. The minimum atomic E-state index is -4.94. The summed E-state index contributed by atoms with van der Waals surface area (Å²) in [5, 5.41) is 9.06. The van der Waals surface area contributed by atoms with E-state index in [9.17, 15) is 31.1 Å². The van der Waals surface area contributed by atoms with Crippen LogP contribution in [0.3, 0.4) is 0 Å². The van der Waals surface area contributed by atoms with Gasteiger partial charge in [0.15, 0.2) is 12.2 Å². The average Bonchev–Trinajstić information content (AvgIpc) is 3.23. The Morgan fingerprint density at radius 2 is 2.00 bits per heavy atom. The molecule has 35 heavy (non-hydrogen) atoms. The summed E-state index contributed by atoms with van der Waals surface area (Å²) in [5.41, 5.74) is -1.84. The average molecular weight is 530 g/mol. The Labute approximate surface area is 198 Å². The van der Waals surface area contributed by atoms with E-state index >= 15 is 0 Å². The highest BCUT2D eigenvalue weighted by Gasteiger charge is 2.53. The molecule has 0 spiro atoms. The summed E-state index contributed by atoms with van der Waals surface area (Å²) in [7, 11) is 0. The topological polar surface area (TPSA) is 95.7 Å². The molecule has 0 unspecified atom stereocenters. The first kappa shape index (κ1) is 25.5. The van der Waals surface area contributed by atoms with Crippen molar-refractivity contribution in [3.63, 3.8) is 0 Å². The van der Waals surface area contributed by atoms with E-state index in [0.717, 1.165) is 6.07 Å². The lowest BCUT2D eigenvalue weighted by atomic mass is 9.80. The van der Waals surface area contributed by atoms with E-state index in [4.69, 9.17) is 25.5 Å². The van der Waals surface area contributed by atoms with Gasteiger partial charge in [0.25, 0.3) is 11.8 Å². The fourth-order valence-electron chi connectivity index (χ4n) is 3.67. The van der Waals surface area contributed by atoms with Gasteiger partial charge in [-0.05, 0) is 31.4 Å². The van der Waals surface area contributed by atoms with E-state index < -0.39 is 73.2 Å². The molecule has 4 rings (SSSR count). The number of carbonyl (C=O) groups is 1. The third-order valence-corrected chi connectivity index (χ3v) is 5.91. The molecule has 1 aromatic heterocycles. The van der Waals surface area contributed by atoms with Crippen LogP contribution in [0.15, 0.2) is 22.6 Å². The number of aromatic nitrogens is 2. The van der Waals surface area contributed by atoms with Crippen molar-refractivity contribution in [3.8, 4) is 5.75 Å². The number of amides is 1. The van der Waals surface area contributed by atoms with Gasteiger partial charge in [-0.3, -0.25) is 9.53 Å². The predicted molar refractivity (Wildman–Crippen MR) is 104 cm³/mol. The molecule has 15 heteroatoms. The number of benzene rings is 1. The van der Waals surface area contributed by atoms with Crippen LogP contribution in [0.1, 0.15) is 43.6 Å². The molecular weight excluding hydrogens is 512 g/mol. The molecule has 2 atom stereocenters. The first-order valence-corrected chi connectivity index (χ1v) is 10.7. The van der Waals surface area contributed by atoms with Crippen LogP contribution in [0.4, 0.5) is 26.3 Å². The Hall–Kier alpha value is -2.58. The van der Waals surface area contributed by atoms with Gasteiger partial charge in [0.05, 0.1) is 11.6 Å². The zero-order valence-electron chi connectivity index (χ0n) is 17.7. The van der Waals surface area contributed by atoms with Gasteiger partial charge in [-0.25, -0.2) is 13.2 Å². The van der Waals surface area contributed by atoms with Gasteiger partial charge >= 0.3 is 6.36 Å². The number of nitrogens with one attached hydrogen (secondary N) is 1. The van der Waals surface area contributed by atoms with Crippen molar-refractivity contribution in [2.45, 2.75) is 55.7 Å². The second-order valence-corrected chi connectivity index (χ2v) is 8.52. The number of halogens is 7. The van der Waals surface area contributed by atoms with Crippen molar-refractivity contribution < 1.29 is 49.8 Å². The first-order chi connectivity index (χ1) is 16.4. The molecule has 8 nitrogen and oxygen atoms in total. The SMILES string of the molecule is O=C(COc1ccc(Cl)c(F)c1)N[C@H]1CO[C@H](c2nnc(C3(OC(F)(F)F)CCC3)o2)CC1(F)F. The normalized spacial score (nSPS) is 23.4. The van der Waals surface area contributed by atoms with Crippen molar-refractivity contribution in [1.82, 2.24) is 15.5 Å². The van der Waals surface area contributed by atoms with Crippen LogP contribution >= 0.6 is 11.6 Å². The second-order valence-electron chi connectivity index (χ2n) is 8.11. The van der Waals surface area contributed by atoms with Gasteiger partial charge in [-0.15, -0.1) is 23.4 Å². The van der Waals surface area contributed by atoms with Crippen molar-refractivity contribution in [1.29, 1.82) is 0 Å². The Bertz CT molecular complexity index is 1080. The smallest absolute Gasteiger partial charge is 0.484 e. The van der Waals surface area contributed by atoms with E-state index in [0.29, 0.717) is 6.42 Å². The van der Waals surface area contributed by atoms with E-state index in [-0.39, 0.29) is 23.6 Å². The van der Waals surface area contributed by atoms with E-state index in [2.05, 4.69) is 20.3 Å². The molecule has 2 fully saturated rings. The molecule has 2 heterocycles. The van der Waals surface area contributed by atoms with Gasteiger partial charge in [0, 0.05) is 12.5 Å². The second kappa shape index (κ2) is 9.47. The zero-order chi connectivity index (χ0) is 25.4. The Morgan fingerprint density at radius 3 is 2.60 bits per heavy atom. The van der Waals surface area contributed by atoms with Crippen LogP contribution < -0.4 is 10.1 Å². The summed E-state index contributed by atoms with van der Waals surface area (Å²) in [6.07, 6.45) is -6.93. The molecule has 1 saturated heterocycles. The lowest BCUT2D eigenvalue weighted by Crippen LogP contribution is -2.55. The van der Waals surface area contributed by atoms with Crippen molar-refractivity contribution in [3.05, 3.63) is 40.8 Å². The third-order valence-electron chi connectivity index (χ3n) is 5.61. The quantitative estimate of drug-likeness (QED) is 0.530. The molecular formula is C20H18ClF6N3O5. The van der Waals surface area contributed by atoms with Crippen LogP contribution in [0.2, 0.25) is 5.02 Å². The number of carbonyl (C=O) groups excluding carboxylic acids is 1. The number of alkyl halides is 5. The van der Waals surface area contributed by atoms with Crippen molar-refractivity contribution in [2.24, 2.45) is 0 Å². The number of rotatable bonds is 7. The summed E-state index contributed by atoms with van der Waals surface area (Å²) in [6, 6.07) is 1.71. The molecule has 0 radical (unpaired) electrons. The molecule has 1 N–H and O–H groups in total. The van der Waals surface area contributed by atoms with Crippen LogP contribution in [-0.4, -0.2) is 47.6 Å². The summed E-state index contributed by atoms with van der Waals surface area (Å²) in [4.78, 5) is 12.1. The van der Waals surface area contributed by atoms with Crippen LogP contribution in [0.25, 0.3) is 0 Å². The molecule has 1 aliphatic carbocycles. The Morgan fingerprint density at radius 1 is 1.26 bits per heavy atom. The molecule has 2 aliphatic rings. The molecule has 2 aromatic rings. The Balaban J connectivity index is 1.34. The minimum absolute atomic E-state index is 0.0192. The van der Waals surface area contributed by atoms with Crippen LogP contribution in [0.5, 0.6) is 5.75 Å².